The van der Waals surface area contributed by atoms with Gasteiger partial charge in [0, 0.05) is 5.39 Å². The predicted octanol–water partition coefficient (Wildman–Crippen LogP) is 4.91. The minimum atomic E-state index is -1.31. The van der Waals surface area contributed by atoms with Crippen molar-refractivity contribution in [2.45, 2.75) is 11.7 Å². The average molecular weight is 453 g/mol. The first-order valence-corrected chi connectivity index (χ1v) is 11.0. The van der Waals surface area contributed by atoms with E-state index in [4.69, 9.17) is 9.15 Å². The lowest BCUT2D eigenvalue weighted by molar-refractivity contribution is -0.307. The van der Waals surface area contributed by atoms with Crippen molar-refractivity contribution in [2.24, 2.45) is 0 Å². The number of furan rings is 1. The van der Waals surface area contributed by atoms with E-state index in [1.54, 1.807) is 54.4 Å². The first-order chi connectivity index (χ1) is 15.5. The molecule has 0 unspecified atom stereocenters. The van der Waals surface area contributed by atoms with Crippen molar-refractivity contribution >= 4 is 28.7 Å². The Kier molecular flexibility index (Phi) is 6.75. The van der Waals surface area contributed by atoms with E-state index in [9.17, 15) is 18.7 Å². The number of rotatable bonds is 9. The molecule has 3 aromatic carbocycles. The summed E-state index contributed by atoms with van der Waals surface area (Å²) in [5.74, 6) is -0.853. The fourth-order valence-corrected chi connectivity index (χ4v) is 4.75. The Morgan fingerprint density at radius 3 is 2.19 bits per heavy atom. The van der Waals surface area contributed by atoms with Gasteiger partial charge in [0.1, 0.15) is 18.2 Å². The summed E-state index contributed by atoms with van der Waals surface area (Å²) in [5, 5.41) is 11.4. The van der Waals surface area contributed by atoms with Gasteiger partial charge in [-0.05, 0) is 59.2 Å². The van der Waals surface area contributed by atoms with Gasteiger partial charge in [0.25, 0.3) is 0 Å². The maximum absolute atomic E-state index is 13.4. The van der Waals surface area contributed by atoms with E-state index >= 15 is 0 Å². The van der Waals surface area contributed by atoms with Crippen LogP contribution in [0.5, 0.6) is 5.75 Å². The molecular weight excluding hydrogens is 434 g/mol. The van der Waals surface area contributed by atoms with Gasteiger partial charge in [0.05, 0.1) is 17.5 Å². The Hall–Kier alpha value is -3.32. The summed E-state index contributed by atoms with van der Waals surface area (Å²) < 4.78 is 37.7. The summed E-state index contributed by atoms with van der Waals surface area (Å²) in [5.41, 5.74) is 3.31. The largest absolute Gasteiger partial charge is 0.546 e. The van der Waals surface area contributed by atoms with Crippen LogP contribution in [-0.4, -0.2) is 18.3 Å². The van der Waals surface area contributed by atoms with Crippen LogP contribution in [-0.2, 0) is 11.2 Å². The second kappa shape index (κ2) is 9.87. The third kappa shape index (κ3) is 5.11. The van der Waals surface area contributed by atoms with E-state index in [0.29, 0.717) is 17.8 Å². The number of carboxylic acid groups (broad SMARTS) is 1. The molecule has 4 rings (SSSR count). The lowest BCUT2D eigenvalue weighted by Gasteiger charge is -2.18. The van der Waals surface area contributed by atoms with Crippen LogP contribution in [0, 0.1) is 11.6 Å². The molecule has 0 spiro atoms. The maximum Gasteiger partial charge on any atom is 0.175 e. The molecule has 0 bridgehead atoms. The fourth-order valence-electron chi connectivity index (χ4n) is 3.47. The lowest BCUT2D eigenvalue weighted by Crippen LogP contribution is -2.28. The molecule has 0 aliphatic heterocycles. The number of carbonyl (C=O) groups is 1. The molecule has 4 aromatic rings. The molecule has 0 amide bonds. The van der Waals surface area contributed by atoms with Gasteiger partial charge in [-0.1, -0.05) is 36.4 Å². The van der Waals surface area contributed by atoms with E-state index in [2.05, 4.69) is 0 Å². The van der Waals surface area contributed by atoms with Crippen molar-refractivity contribution in [2.75, 3.05) is 12.4 Å². The van der Waals surface area contributed by atoms with Crippen LogP contribution in [0.3, 0.4) is 0 Å². The first-order valence-electron chi connectivity index (χ1n) is 9.95. The number of thioether (sulfide) groups is 1. The molecule has 0 saturated heterocycles. The van der Waals surface area contributed by atoms with Crippen LogP contribution in [0.4, 0.5) is 8.78 Å². The highest BCUT2D eigenvalue weighted by Gasteiger charge is 2.17. The van der Waals surface area contributed by atoms with Crippen LogP contribution in [0.1, 0.15) is 21.9 Å². The van der Waals surface area contributed by atoms with Gasteiger partial charge in [-0.25, -0.2) is 8.78 Å². The van der Waals surface area contributed by atoms with Crippen molar-refractivity contribution in [1.82, 2.24) is 0 Å². The van der Waals surface area contributed by atoms with Crippen LogP contribution in [0.2, 0.25) is 0 Å². The van der Waals surface area contributed by atoms with Gasteiger partial charge in [0.15, 0.2) is 11.3 Å². The molecule has 164 valence electrons. The smallest absolute Gasteiger partial charge is 0.175 e. The molecule has 32 heavy (non-hydrogen) atoms. The van der Waals surface area contributed by atoms with E-state index in [-0.39, 0.29) is 16.9 Å². The van der Waals surface area contributed by atoms with Crippen molar-refractivity contribution in [3.63, 3.8) is 0 Å². The predicted molar refractivity (Wildman–Crippen MR) is 118 cm³/mol. The Labute approximate surface area is 187 Å². The normalized spacial score (nSPS) is 11.2. The highest BCUT2D eigenvalue weighted by molar-refractivity contribution is 7.99. The summed E-state index contributed by atoms with van der Waals surface area (Å²) in [6, 6.07) is 18.0. The van der Waals surface area contributed by atoms with E-state index in [0.717, 1.165) is 27.8 Å². The van der Waals surface area contributed by atoms with E-state index in [1.807, 2.05) is 6.07 Å². The third-order valence-corrected chi connectivity index (χ3v) is 6.31. The second-order valence-electron chi connectivity index (χ2n) is 7.16. The zero-order chi connectivity index (χ0) is 22.5. The number of carboxylic acids is 1. The summed E-state index contributed by atoms with van der Waals surface area (Å²) in [6.07, 6.45) is 2.32. The SMILES string of the molecule is O=C([O-])COc1cccc2c(CCSC(c3ccc(F)cc3)c3ccc(F)cc3)coc12. The minimum Gasteiger partial charge on any atom is -0.546 e. The standard InChI is InChI=1S/C25H20F2O4S/c26-19-8-4-16(5-9-19)25(17-6-10-20(27)11-7-17)32-13-12-18-14-31-24-21(18)2-1-3-22(24)30-15-23(28)29/h1-11,14,25H,12-13,15H2,(H,28,29)/p-1. The molecule has 0 fully saturated rings. The molecule has 1 aromatic heterocycles. The number of hydrogen-bond donors (Lipinski definition) is 0. The number of ether oxygens (including phenoxy) is 1. The summed E-state index contributed by atoms with van der Waals surface area (Å²) in [7, 11) is 0. The Morgan fingerprint density at radius 1 is 0.969 bits per heavy atom. The molecule has 0 radical (unpaired) electrons. The van der Waals surface area contributed by atoms with Crippen LogP contribution < -0.4 is 9.84 Å². The zero-order valence-corrected chi connectivity index (χ0v) is 17.7. The topological polar surface area (TPSA) is 62.5 Å². The fraction of sp³-hybridized carbons (Fsp3) is 0.160. The van der Waals surface area contributed by atoms with Crippen molar-refractivity contribution < 1.29 is 27.8 Å². The molecule has 0 saturated carbocycles. The van der Waals surface area contributed by atoms with Crippen molar-refractivity contribution in [3.8, 4) is 5.75 Å². The van der Waals surface area contributed by atoms with Crippen LogP contribution in [0.25, 0.3) is 11.0 Å². The van der Waals surface area contributed by atoms with Gasteiger partial charge < -0.3 is 19.1 Å². The Balaban J connectivity index is 1.51. The Morgan fingerprint density at radius 2 is 1.59 bits per heavy atom. The van der Waals surface area contributed by atoms with E-state index in [1.165, 1.54) is 24.3 Å². The molecule has 0 aliphatic carbocycles. The second-order valence-corrected chi connectivity index (χ2v) is 8.37. The summed E-state index contributed by atoms with van der Waals surface area (Å²) in [4.78, 5) is 10.7. The highest BCUT2D eigenvalue weighted by atomic mass is 32.2. The van der Waals surface area contributed by atoms with E-state index < -0.39 is 12.6 Å². The monoisotopic (exact) mass is 453 g/mol. The van der Waals surface area contributed by atoms with Gasteiger partial charge in [0.2, 0.25) is 0 Å². The molecule has 1 heterocycles. The van der Waals surface area contributed by atoms with Gasteiger partial charge in [-0.3, -0.25) is 0 Å². The Bertz CT molecular complexity index is 1160. The maximum atomic E-state index is 13.4. The molecule has 4 nitrogen and oxygen atoms in total. The number of benzene rings is 3. The average Bonchev–Trinajstić information content (AvgIpc) is 3.20. The number of aryl methyl sites for hydroxylation is 1. The number of carbonyl (C=O) groups excluding carboxylic acids is 1. The summed E-state index contributed by atoms with van der Waals surface area (Å²) in [6.45, 7) is -0.554. The molecule has 0 N–H and O–H groups in total. The molecular formula is C25H19F2O4S-. The third-order valence-electron chi connectivity index (χ3n) is 4.99. The van der Waals surface area contributed by atoms with Gasteiger partial charge in [-0.15, -0.1) is 11.8 Å². The number of hydrogen-bond acceptors (Lipinski definition) is 5. The first kappa shape index (κ1) is 21.9. The van der Waals surface area contributed by atoms with Gasteiger partial charge >= 0.3 is 0 Å². The number of aliphatic carboxylic acids is 1. The number of halogens is 2. The number of para-hydroxylation sites is 1. The zero-order valence-electron chi connectivity index (χ0n) is 16.9. The van der Waals surface area contributed by atoms with Crippen molar-refractivity contribution in [3.05, 3.63) is 101 Å². The minimum absolute atomic E-state index is 0.0867. The quantitative estimate of drug-likeness (QED) is 0.361. The molecule has 0 atom stereocenters. The van der Waals surface area contributed by atoms with Crippen LogP contribution in [0.15, 0.2) is 77.4 Å². The molecule has 7 heteroatoms. The van der Waals surface area contributed by atoms with Crippen LogP contribution >= 0.6 is 11.8 Å². The molecule has 0 aliphatic rings. The summed E-state index contributed by atoms with van der Waals surface area (Å²) >= 11 is 1.66. The highest BCUT2D eigenvalue weighted by Crippen LogP contribution is 2.37. The van der Waals surface area contributed by atoms with Gasteiger partial charge in [-0.2, -0.15) is 0 Å². The number of fused-ring (bicyclic) bond motifs is 1. The lowest BCUT2D eigenvalue weighted by atomic mass is 10.0. The van der Waals surface area contributed by atoms with Crippen molar-refractivity contribution in [1.29, 1.82) is 0 Å².